The molecule has 9 aromatic rings. The molecule has 0 saturated carbocycles. The quantitative estimate of drug-likeness (QED) is 0.0525. The first-order valence-electron chi connectivity index (χ1n) is 21.2. The summed E-state index contributed by atoms with van der Waals surface area (Å²) in [4.78, 5) is 24.0. The summed E-state index contributed by atoms with van der Waals surface area (Å²) in [5, 5.41) is 18.3. The standard InChI is InChI=1S/C49H38N6O14S4.4Na/c1-27-10-15-34(50-32-16-18-37-30(24-32)13-22-42(72(64,65)66)46(37)54-48(56)52-44-35-8-4-2-6-28(35)11-20-40(44)70(58,59)60)26-39(27)51-33-17-19-38-31(25-33)14-23-43(73(67,68)69)47(38)55-49(57)53-45-36-9-5-3-7-29(36)12-21-41(45)71(61,62)63;;;;/h2-26,50-51H,1H3,(H2,52,54,56)(H2,53,55,57)(H,58,59,60)(H,61,62,63)(H,64,65,66)(H,67,68,69);;;;/q;4*+1/p-4. The first-order chi connectivity index (χ1) is 34.4. The molecule has 372 valence electrons. The summed E-state index contributed by atoms with van der Waals surface area (Å²) in [6, 6.07) is 34.4. The Hall–Kier alpha value is -4.20. The molecule has 77 heavy (non-hydrogen) atoms. The number of urea groups is 2. The van der Waals surface area contributed by atoms with Crippen molar-refractivity contribution < 1.29 is 180 Å². The van der Waals surface area contributed by atoms with Gasteiger partial charge in [0.25, 0.3) is 0 Å². The maximum absolute atomic E-state index is 13.5. The molecule has 0 spiro atoms. The minimum absolute atomic E-state index is 0. The Labute approximate surface area is 529 Å². The molecular weight excluding hydrogens is 1120 g/mol. The molecule has 0 aliphatic heterocycles. The van der Waals surface area contributed by atoms with E-state index in [0.717, 1.165) is 29.8 Å². The van der Waals surface area contributed by atoms with Crippen molar-refractivity contribution in [1.29, 1.82) is 0 Å². The molecule has 0 bridgehead atoms. The molecule has 0 saturated heterocycles. The van der Waals surface area contributed by atoms with Crippen LogP contribution in [0.4, 0.5) is 55.1 Å². The van der Waals surface area contributed by atoms with E-state index in [-0.39, 0.29) is 151 Å². The van der Waals surface area contributed by atoms with Crippen molar-refractivity contribution in [3.05, 3.63) is 157 Å². The normalized spacial score (nSPS) is 11.5. The summed E-state index contributed by atoms with van der Waals surface area (Å²) in [6.07, 6.45) is 0. The van der Waals surface area contributed by atoms with Crippen LogP contribution in [0.3, 0.4) is 0 Å². The first kappa shape index (κ1) is 63.6. The van der Waals surface area contributed by atoms with Crippen molar-refractivity contribution in [2.45, 2.75) is 26.5 Å². The number of benzene rings is 9. The average molecular weight is 1150 g/mol. The van der Waals surface area contributed by atoms with Gasteiger partial charge in [-0.05, 0) is 94.7 Å². The molecule has 0 heterocycles. The molecule has 6 N–H and O–H groups in total. The van der Waals surface area contributed by atoms with E-state index >= 15 is 0 Å². The monoisotopic (exact) mass is 1150 g/mol. The minimum atomic E-state index is -5.20. The largest absolute Gasteiger partial charge is 1.00 e. The maximum Gasteiger partial charge on any atom is 1.00 e. The second-order valence-corrected chi connectivity index (χ2v) is 21.7. The second kappa shape index (κ2) is 25.1. The number of rotatable bonds is 12. The SMILES string of the molecule is Cc1ccc(Nc2ccc3c(NC(=O)Nc4c(S(=O)(=O)[O-])ccc5ccccc45)c(S(=O)(=O)[O-])ccc3c2)cc1Nc1ccc2c(NC(=O)Nc3c(S(=O)(=O)[O-])ccc4ccccc34)c(S(=O)(=O)[O-])ccc2c1.[Na+].[Na+].[Na+].[Na+]. The van der Waals surface area contributed by atoms with E-state index in [1.165, 1.54) is 48.5 Å². The van der Waals surface area contributed by atoms with E-state index in [1.54, 1.807) is 78.9 Å². The summed E-state index contributed by atoms with van der Waals surface area (Å²) in [5.41, 5.74) is 1.32. The number of carbonyl (C=O) groups excluding carboxylic acids is 2. The van der Waals surface area contributed by atoms with Crippen molar-refractivity contribution in [3.63, 3.8) is 0 Å². The van der Waals surface area contributed by atoms with Crippen LogP contribution < -0.4 is 150 Å². The van der Waals surface area contributed by atoms with E-state index in [4.69, 9.17) is 0 Å². The van der Waals surface area contributed by atoms with Gasteiger partial charge in [-0.15, -0.1) is 0 Å². The van der Waals surface area contributed by atoms with Crippen molar-refractivity contribution in [2.24, 2.45) is 0 Å². The van der Waals surface area contributed by atoms with Gasteiger partial charge in [-0.1, -0.05) is 91.0 Å². The third kappa shape index (κ3) is 14.2. The number of aryl methyl sites for hydroxylation is 1. The van der Waals surface area contributed by atoms with Crippen LogP contribution >= 0.6 is 0 Å². The summed E-state index contributed by atoms with van der Waals surface area (Å²) < 4.78 is 148. The summed E-state index contributed by atoms with van der Waals surface area (Å²) >= 11 is 0. The van der Waals surface area contributed by atoms with Gasteiger partial charge in [0, 0.05) is 44.3 Å². The van der Waals surface area contributed by atoms with Gasteiger partial charge in [0.1, 0.15) is 40.5 Å². The first-order valence-corrected chi connectivity index (χ1v) is 26.9. The van der Waals surface area contributed by atoms with Gasteiger partial charge in [0.15, 0.2) is 0 Å². The fraction of sp³-hybridized carbons (Fsp3) is 0.0204. The van der Waals surface area contributed by atoms with Gasteiger partial charge in [0.2, 0.25) is 0 Å². The number of carbonyl (C=O) groups is 2. The zero-order chi connectivity index (χ0) is 52.2. The van der Waals surface area contributed by atoms with E-state index in [9.17, 15) is 61.5 Å². The Kier molecular flexibility index (Phi) is 20.7. The van der Waals surface area contributed by atoms with Crippen LogP contribution in [0.5, 0.6) is 0 Å². The molecule has 0 aliphatic rings. The Morgan fingerprint density at radius 2 is 0.649 bits per heavy atom. The van der Waals surface area contributed by atoms with Crippen LogP contribution in [0.1, 0.15) is 5.56 Å². The summed E-state index contributed by atoms with van der Waals surface area (Å²) in [6.45, 7) is 1.82. The molecule has 0 aliphatic carbocycles. The molecule has 0 fully saturated rings. The van der Waals surface area contributed by atoms with Gasteiger partial charge in [-0.2, -0.15) is 0 Å². The van der Waals surface area contributed by atoms with E-state index in [2.05, 4.69) is 31.9 Å². The number of hydrogen-bond acceptors (Lipinski definition) is 16. The van der Waals surface area contributed by atoms with Gasteiger partial charge in [0.05, 0.1) is 42.3 Å². The van der Waals surface area contributed by atoms with Crippen LogP contribution in [0.25, 0.3) is 43.1 Å². The van der Waals surface area contributed by atoms with Crippen LogP contribution in [0.15, 0.2) is 171 Å². The van der Waals surface area contributed by atoms with Crippen molar-refractivity contribution in [3.8, 4) is 0 Å². The third-order valence-electron chi connectivity index (χ3n) is 11.6. The number of hydrogen-bond donors (Lipinski definition) is 6. The number of amides is 4. The second-order valence-electron chi connectivity index (χ2n) is 16.3. The molecule has 0 aromatic heterocycles. The topological polar surface area (TPSA) is 335 Å². The summed E-state index contributed by atoms with van der Waals surface area (Å²) in [7, 11) is -20.6. The predicted molar refractivity (Wildman–Crippen MR) is 271 cm³/mol. The molecule has 20 nitrogen and oxygen atoms in total. The predicted octanol–water partition coefficient (Wildman–Crippen LogP) is -2.98. The van der Waals surface area contributed by atoms with Crippen molar-refractivity contribution in [1.82, 2.24) is 0 Å². The maximum atomic E-state index is 13.5. The number of fused-ring (bicyclic) bond motifs is 4. The Balaban J connectivity index is 0.00000273. The molecule has 4 amide bonds. The number of nitrogens with one attached hydrogen (secondary N) is 6. The van der Waals surface area contributed by atoms with Crippen molar-refractivity contribution in [2.75, 3.05) is 31.9 Å². The Bertz CT molecular complexity index is 4310. The Morgan fingerprint density at radius 3 is 1.01 bits per heavy atom. The van der Waals surface area contributed by atoms with Crippen LogP contribution in [0.2, 0.25) is 0 Å². The van der Waals surface area contributed by atoms with Gasteiger partial charge >= 0.3 is 130 Å². The minimum Gasteiger partial charge on any atom is -0.744 e. The molecule has 28 heteroatoms. The number of anilines is 8. The van der Waals surface area contributed by atoms with E-state index < -0.39 is 83.5 Å². The van der Waals surface area contributed by atoms with E-state index in [0.29, 0.717) is 44.3 Å². The molecule has 9 rings (SSSR count). The zero-order valence-corrected chi connectivity index (χ0v) is 52.5. The average Bonchev–Trinajstić information content (AvgIpc) is 3.31. The smallest absolute Gasteiger partial charge is 0.744 e. The van der Waals surface area contributed by atoms with Crippen LogP contribution in [-0.4, -0.2) is 63.9 Å². The van der Waals surface area contributed by atoms with Crippen LogP contribution in [-0.2, 0) is 40.5 Å². The van der Waals surface area contributed by atoms with Gasteiger partial charge in [-0.25, -0.2) is 43.3 Å². The molecule has 9 aromatic carbocycles. The molecular formula is C49H34N6Na4O14S4. The van der Waals surface area contributed by atoms with Crippen LogP contribution in [0, 0.1) is 6.92 Å². The fourth-order valence-electron chi connectivity index (χ4n) is 8.30. The summed E-state index contributed by atoms with van der Waals surface area (Å²) in [5.74, 6) is 0. The Morgan fingerprint density at radius 1 is 0.351 bits per heavy atom. The zero-order valence-electron chi connectivity index (χ0n) is 41.3. The third-order valence-corrected chi connectivity index (χ3v) is 15.1. The molecule has 0 radical (unpaired) electrons. The van der Waals surface area contributed by atoms with E-state index in [1.807, 2.05) is 6.92 Å². The van der Waals surface area contributed by atoms with Crippen molar-refractivity contribution >= 4 is 141 Å². The molecule has 0 unspecified atom stereocenters. The van der Waals surface area contributed by atoms with Gasteiger partial charge in [-0.3, -0.25) is 0 Å². The fourth-order valence-corrected chi connectivity index (χ4v) is 10.9. The molecule has 0 atom stereocenters. The van der Waals surface area contributed by atoms with Gasteiger partial charge < -0.3 is 50.1 Å².